The highest BCUT2D eigenvalue weighted by molar-refractivity contribution is 9.09. The molecular formula is C21H41BrO2. The van der Waals surface area contributed by atoms with Crippen LogP contribution >= 0.6 is 15.9 Å². The number of hydrogen-bond acceptors (Lipinski definition) is 2. The minimum absolute atomic E-state index is 0.0671. The zero-order valence-electron chi connectivity index (χ0n) is 16.3. The van der Waals surface area contributed by atoms with Crippen molar-refractivity contribution in [2.24, 2.45) is 5.92 Å². The highest BCUT2D eigenvalue weighted by Gasteiger charge is 2.18. The third-order valence-electron chi connectivity index (χ3n) is 4.67. The molecule has 0 bridgehead atoms. The van der Waals surface area contributed by atoms with Crippen LogP contribution in [-0.2, 0) is 9.53 Å². The molecule has 3 heteroatoms. The Kier molecular flexibility index (Phi) is 19.2. The summed E-state index contributed by atoms with van der Waals surface area (Å²) in [6, 6.07) is 0. The number of carbonyl (C=O) groups excluding carboxylic acids is 1. The number of carbonyl (C=O) groups is 1. The normalized spacial score (nSPS) is 12.3. The Balaban J connectivity index is 3.81. The smallest absolute Gasteiger partial charge is 0.308 e. The van der Waals surface area contributed by atoms with E-state index in [9.17, 15) is 4.79 Å². The van der Waals surface area contributed by atoms with Crippen LogP contribution in [0.5, 0.6) is 0 Å². The van der Waals surface area contributed by atoms with Crippen molar-refractivity contribution >= 4 is 21.9 Å². The van der Waals surface area contributed by atoms with Gasteiger partial charge in [0, 0.05) is 5.33 Å². The SMILES string of the molecule is CCCCCCCCOC(=O)C(CCCC)CCCCCCCBr. The van der Waals surface area contributed by atoms with Crippen molar-refractivity contribution in [2.45, 2.75) is 110 Å². The fourth-order valence-electron chi connectivity index (χ4n) is 3.02. The van der Waals surface area contributed by atoms with Gasteiger partial charge in [-0.25, -0.2) is 0 Å². The molecule has 0 heterocycles. The summed E-state index contributed by atoms with van der Waals surface area (Å²) < 4.78 is 5.56. The minimum atomic E-state index is 0.0671. The lowest BCUT2D eigenvalue weighted by Gasteiger charge is -2.16. The van der Waals surface area contributed by atoms with Crippen molar-refractivity contribution in [3.8, 4) is 0 Å². The maximum absolute atomic E-state index is 12.3. The number of alkyl halides is 1. The minimum Gasteiger partial charge on any atom is -0.465 e. The standard InChI is InChI=1S/C21H41BrO2/c1-3-5-7-8-12-15-19-24-21(23)20(16-6-4-2)17-13-10-9-11-14-18-22/h20H,3-19H2,1-2H3. The lowest BCUT2D eigenvalue weighted by Crippen LogP contribution is -2.18. The summed E-state index contributed by atoms with van der Waals surface area (Å²) in [4.78, 5) is 12.3. The number of hydrogen-bond donors (Lipinski definition) is 0. The zero-order chi connectivity index (χ0) is 17.9. The highest BCUT2D eigenvalue weighted by atomic mass is 79.9. The van der Waals surface area contributed by atoms with Gasteiger partial charge in [-0.05, 0) is 25.7 Å². The number of ether oxygens (including phenoxy) is 1. The van der Waals surface area contributed by atoms with Crippen LogP contribution < -0.4 is 0 Å². The molecular weight excluding hydrogens is 364 g/mol. The second-order valence-electron chi connectivity index (χ2n) is 7.02. The lowest BCUT2D eigenvalue weighted by molar-refractivity contribution is -0.149. The van der Waals surface area contributed by atoms with E-state index in [-0.39, 0.29) is 11.9 Å². The Morgan fingerprint density at radius 1 is 0.750 bits per heavy atom. The van der Waals surface area contributed by atoms with E-state index in [1.807, 2.05) is 0 Å². The van der Waals surface area contributed by atoms with E-state index in [0.717, 1.165) is 37.4 Å². The first kappa shape index (κ1) is 23.9. The van der Waals surface area contributed by atoms with E-state index < -0.39 is 0 Å². The maximum Gasteiger partial charge on any atom is 0.308 e. The summed E-state index contributed by atoms with van der Waals surface area (Å²) in [7, 11) is 0. The molecule has 0 aliphatic rings. The zero-order valence-corrected chi connectivity index (χ0v) is 17.9. The molecule has 1 atom stereocenters. The van der Waals surface area contributed by atoms with Gasteiger partial charge in [-0.2, -0.15) is 0 Å². The largest absolute Gasteiger partial charge is 0.465 e. The average Bonchev–Trinajstić information content (AvgIpc) is 2.59. The molecule has 144 valence electrons. The van der Waals surface area contributed by atoms with Crippen LogP contribution in [-0.4, -0.2) is 17.9 Å². The maximum atomic E-state index is 12.3. The second-order valence-corrected chi connectivity index (χ2v) is 7.81. The summed E-state index contributed by atoms with van der Waals surface area (Å²) in [5, 5.41) is 1.11. The van der Waals surface area contributed by atoms with Gasteiger partial charge in [0.25, 0.3) is 0 Å². The van der Waals surface area contributed by atoms with E-state index in [1.54, 1.807) is 0 Å². The van der Waals surface area contributed by atoms with Gasteiger partial charge >= 0.3 is 5.97 Å². The third kappa shape index (κ3) is 15.5. The molecule has 2 nitrogen and oxygen atoms in total. The summed E-state index contributed by atoms with van der Waals surface area (Å²) in [5.74, 6) is 0.207. The molecule has 0 aromatic heterocycles. The van der Waals surface area contributed by atoms with Crippen molar-refractivity contribution < 1.29 is 9.53 Å². The molecule has 0 saturated carbocycles. The molecule has 0 aliphatic carbocycles. The van der Waals surface area contributed by atoms with E-state index >= 15 is 0 Å². The number of halogens is 1. The van der Waals surface area contributed by atoms with Gasteiger partial charge in [0.05, 0.1) is 12.5 Å². The predicted octanol–water partition coefficient (Wildman–Crippen LogP) is 7.43. The molecule has 0 fully saturated rings. The monoisotopic (exact) mass is 404 g/mol. The van der Waals surface area contributed by atoms with Crippen LogP contribution in [0.2, 0.25) is 0 Å². The Morgan fingerprint density at radius 2 is 1.29 bits per heavy atom. The third-order valence-corrected chi connectivity index (χ3v) is 5.23. The summed E-state index contributed by atoms with van der Waals surface area (Å²) in [6.45, 7) is 5.05. The van der Waals surface area contributed by atoms with Crippen LogP contribution in [0.1, 0.15) is 110 Å². The van der Waals surface area contributed by atoms with E-state index in [2.05, 4.69) is 29.8 Å². The van der Waals surface area contributed by atoms with Crippen LogP contribution in [0.25, 0.3) is 0 Å². The Hall–Kier alpha value is -0.0500. The summed E-state index contributed by atoms with van der Waals surface area (Å²) >= 11 is 3.48. The Morgan fingerprint density at radius 3 is 1.96 bits per heavy atom. The number of esters is 1. The van der Waals surface area contributed by atoms with Crippen molar-refractivity contribution in [3.05, 3.63) is 0 Å². The van der Waals surface area contributed by atoms with Crippen molar-refractivity contribution in [2.75, 3.05) is 11.9 Å². The predicted molar refractivity (Wildman–Crippen MR) is 109 cm³/mol. The van der Waals surface area contributed by atoms with Gasteiger partial charge in [0.1, 0.15) is 0 Å². The van der Waals surface area contributed by atoms with Gasteiger partial charge in [-0.3, -0.25) is 4.79 Å². The molecule has 0 aromatic rings. The molecule has 0 saturated heterocycles. The molecule has 1 unspecified atom stereocenters. The first-order valence-corrected chi connectivity index (χ1v) is 11.6. The molecule has 0 amide bonds. The first-order chi connectivity index (χ1) is 11.8. The van der Waals surface area contributed by atoms with Gasteiger partial charge in [-0.15, -0.1) is 0 Å². The molecule has 24 heavy (non-hydrogen) atoms. The quantitative estimate of drug-likeness (QED) is 0.135. The van der Waals surface area contributed by atoms with Gasteiger partial charge in [-0.1, -0.05) is 100 Å². The van der Waals surface area contributed by atoms with Gasteiger partial charge < -0.3 is 4.74 Å². The van der Waals surface area contributed by atoms with Crippen LogP contribution in [0, 0.1) is 5.92 Å². The molecule has 0 N–H and O–H groups in total. The average molecular weight is 405 g/mol. The number of rotatable bonds is 18. The molecule has 0 aromatic carbocycles. The number of unbranched alkanes of at least 4 members (excludes halogenated alkanes) is 10. The van der Waals surface area contributed by atoms with Crippen molar-refractivity contribution in [3.63, 3.8) is 0 Å². The first-order valence-electron chi connectivity index (χ1n) is 10.5. The fourth-order valence-corrected chi connectivity index (χ4v) is 3.42. The molecule has 0 radical (unpaired) electrons. The van der Waals surface area contributed by atoms with Crippen molar-refractivity contribution in [1.29, 1.82) is 0 Å². The molecule has 0 spiro atoms. The second kappa shape index (κ2) is 19.3. The molecule has 0 rings (SSSR count). The van der Waals surface area contributed by atoms with E-state index in [1.165, 1.54) is 64.2 Å². The van der Waals surface area contributed by atoms with Crippen LogP contribution in [0.3, 0.4) is 0 Å². The van der Waals surface area contributed by atoms with Crippen molar-refractivity contribution in [1.82, 2.24) is 0 Å². The lowest BCUT2D eigenvalue weighted by atomic mass is 9.95. The van der Waals surface area contributed by atoms with E-state index in [0.29, 0.717) is 6.61 Å². The van der Waals surface area contributed by atoms with Gasteiger partial charge in [0.15, 0.2) is 0 Å². The fraction of sp³-hybridized carbons (Fsp3) is 0.952. The Bertz CT molecular complexity index is 269. The molecule has 0 aliphatic heterocycles. The summed E-state index contributed by atoms with van der Waals surface area (Å²) in [6.07, 6.45) is 18.0. The topological polar surface area (TPSA) is 26.3 Å². The van der Waals surface area contributed by atoms with E-state index in [4.69, 9.17) is 4.74 Å². The highest BCUT2D eigenvalue weighted by Crippen LogP contribution is 2.19. The van der Waals surface area contributed by atoms with Crippen LogP contribution in [0.15, 0.2) is 0 Å². The Labute approximate surface area is 159 Å². The van der Waals surface area contributed by atoms with Crippen LogP contribution in [0.4, 0.5) is 0 Å². The summed E-state index contributed by atoms with van der Waals surface area (Å²) in [5.41, 5.74) is 0. The van der Waals surface area contributed by atoms with Gasteiger partial charge in [0.2, 0.25) is 0 Å².